The Morgan fingerprint density at radius 2 is 1.62 bits per heavy atom. The Kier molecular flexibility index (Phi) is 4.94. The first-order chi connectivity index (χ1) is 10.3. The van der Waals surface area contributed by atoms with Crippen LogP contribution in [0.5, 0.6) is 0 Å². The van der Waals surface area contributed by atoms with Gasteiger partial charge in [0.2, 0.25) is 5.95 Å². The maximum absolute atomic E-state index is 4.79. The van der Waals surface area contributed by atoms with Crippen LogP contribution in [-0.4, -0.2) is 29.1 Å². The molecule has 0 aromatic carbocycles. The summed E-state index contributed by atoms with van der Waals surface area (Å²) in [7, 11) is 0. The van der Waals surface area contributed by atoms with Gasteiger partial charge < -0.3 is 10.2 Å². The molecule has 2 aliphatic rings. The van der Waals surface area contributed by atoms with Crippen molar-refractivity contribution in [2.24, 2.45) is 0 Å². The van der Waals surface area contributed by atoms with Crippen molar-refractivity contribution in [2.45, 2.75) is 70.8 Å². The van der Waals surface area contributed by atoms with E-state index in [1.54, 1.807) is 0 Å². The van der Waals surface area contributed by atoms with Gasteiger partial charge >= 0.3 is 0 Å². The Hall–Kier alpha value is -1.32. The van der Waals surface area contributed by atoms with Crippen molar-refractivity contribution >= 4 is 11.8 Å². The summed E-state index contributed by atoms with van der Waals surface area (Å²) in [6.07, 6.45) is 11.9. The zero-order chi connectivity index (χ0) is 14.5. The van der Waals surface area contributed by atoms with Crippen LogP contribution < -0.4 is 10.2 Å². The minimum Gasteiger partial charge on any atom is -0.356 e. The van der Waals surface area contributed by atoms with E-state index in [-0.39, 0.29) is 0 Å². The van der Waals surface area contributed by atoms with E-state index < -0.39 is 0 Å². The highest BCUT2D eigenvalue weighted by Crippen LogP contribution is 2.23. The van der Waals surface area contributed by atoms with Gasteiger partial charge in [0.1, 0.15) is 5.82 Å². The number of rotatable bonds is 3. The number of aryl methyl sites for hydroxylation is 1. The number of hydrogen-bond donors (Lipinski definition) is 1. The second kappa shape index (κ2) is 7.10. The Morgan fingerprint density at radius 1 is 0.952 bits per heavy atom. The molecule has 0 radical (unpaired) electrons. The molecule has 2 fully saturated rings. The van der Waals surface area contributed by atoms with Crippen molar-refractivity contribution in [2.75, 3.05) is 23.3 Å². The van der Waals surface area contributed by atoms with Crippen LogP contribution in [0.2, 0.25) is 0 Å². The summed E-state index contributed by atoms with van der Waals surface area (Å²) in [5.41, 5.74) is 1.07. The average molecular weight is 288 g/mol. The second-order valence-corrected chi connectivity index (χ2v) is 6.57. The molecule has 0 unspecified atom stereocenters. The van der Waals surface area contributed by atoms with E-state index in [1.165, 1.54) is 57.8 Å². The molecular weight excluding hydrogens is 260 g/mol. The Morgan fingerprint density at radius 3 is 2.33 bits per heavy atom. The Labute approximate surface area is 128 Å². The molecular formula is C17H28N4. The molecule has 4 nitrogen and oxygen atoms in total. The van der Waals surface area contributed by atoms with Gasteiger partial charge in [0.25, 0.3) is 0 Å². The van der Waals surface area contributed by atoms with Crippen molar-refractivity contribution in [3.05, 3.63) is 11.8 Å². The van der Waals surface area contributed by atoms with Gasteiger partial charge in [-0.3, -0.25) is 0 Å². The molecule has 0 spiro atoms. The molecule has 3 rings (SSSR count). The van der Waals surface area contributed by atoms with Gasteiger partial charge in [-0.2, -0.15) is 4.98 Å². The number of hydrogen-bond acceptors (Lipinski definition) is 4. The lowest BCUT2D eigenvalue weighted by Gasteiger charge is -2.28. The molecule has 1 saturated heterocycles. The molecule has 2 heterocycles. The lowest BCUT2D eigenvalue weighted by atomic mass is 10.1. The monoisotopic (exact) mass is 288 g/mol. The molecule has 116 valence electrons. The normalized spacial score (nSPS) is 21.1. The van der Waals surface area contributed by atoms with E-state index in [0.717, 1.165) is 30.5 Å². The highest BCUT2D eigenvalue weighted by molar-refractivity contribution is 5.45. The van der Waals surface area contributed by atoms with Crippen LogP contribution in [0.4, 0.5) is 11.8 Å². The van der Waals surface area contributed by atoms with Crippen LogP contribution in [-0.2, 0) is 0 Å². The van der Waals surface area contributed by atoms with Gasteiger partial charge in [0, 0.05) is 30.9 Å². The van der Waals surface area contributed by atoms with Crippen molar-refractivity contribution in [1.29, 1.82) is 0 Å². The summed E-state index contributed by atoms with van der Waals surface area (Å²) in [4.78, 5) is 11.8. The standard InChI is InChI=1S/C17H28N4/c1-14-13-16(21-11-7-4-8-12-21)20-17(18-14)19-15-9-5-2-3-6-10-15/h13,15H,2-12H2,1H3,(H,18,19,20). The molecule has 1 aromatic rings. The number of nitrogens with zero attached hydrogens (tertiary/aromatic N) is 3. The van der Waals surface area contributed by atoms with Crippen molar-refractivity contribution in [3.63, 3.8) is 0 Å². The minimum absolute atomic E-state index is 0.559. The molecule has 1 N–H and O–H groups in total. The molecule has 1 aromatic heterocycles. The van der Waals surface area contributed by atoms with E-state index in [4.69, 9.17) is 4.98 Å². The highest BCUT2D eigenvalue weighted by Gasteiger charge is 2.16. The fourth-order valence-corrected chi connectivity index (χ4v) is 3.51. The topological polar surface area (TPSA) is 41.1 Å². The average Bonchev–Trinajstić information content (AvgIpc) is 2.76. The lowest BCUT2D eigenvalue weighted by Crippen LogP contribution is -2.31. The Balaban J connectivity index is 1.70. The first-order valence-corrected chi connectivity index (χ1v) is 8.68. The zero-order valence-corrected chi connectivity index (χ0v) is 13.3. The van der Waals surface area contributed by atoms with Crippen LogP contribution in [0, 0.1) is 6.92 Å². The fourth-order valence-electron chi connectivity index (χ4n) is 3.51. The van der Waals surface area contributed by atoms with Gasteiger partial charge in [-0.15, -0.1) is 0 Å². The van der Waals surface area contributed by atoms with E-state index in [2.05, 4.69) is 28.2 Å². The molecule has 21 heavy (non-hydrogen) atoms. The minimum atomic E-state index is 0.559. The quantitative estimate of drug-likeness (QED) is 0.856. The van der Waals surface area contributed by atoms with Crippen LogP contribution in [0.15, 0.2) is 6.07 Å². The van der Waals surface area contributed by atoms with Crippen LogP contribution in [0.1, 0.15) is 63.5 Å². The first kappa shape index (κ1) is 14.6. The molecule has 1 aliphatic heterocycles. The summed E-state index contributed by atoms with van der Waals surface area (Å²) < 4.78 is 0. The molecule has 0 amide bonds. The summed E-state index contributed by atoms with van der Waals surface area (Å²) in [6, 6.07) is 2.69. The highest BCUT2D eigenvalue weighted by atomic mass is 15.2. The number of aromatic nitrogens is 2. The van der Waals surface area contributed by atoms with Crippen LogP contribution in [0.25, 0.3) is 0 Å². The summed E-state index contributed by atoms with van der Waals surface area (Å²) >= 11 is 0. The third kappa shape index (κ3) is 4.08. The van der Waals surface area contributed by atoms with Crippen LogP contribution in [0.3, 0.4) is 0 Å². The predicted molar refractivity (Wildman–Crippen MR) is 87.9 cm³/mol. The zero-order valence-electron chi connectivity index (χ0n) is 13.3. The Bertz CT molecular complexity index is 446. The third-order valence-corrected chi connectivity index (χ3v) is 4.71. The smallest absolute Gasteiger partial charge is 0.225 e. The lowest BCUT2D eigenvalue weighted by molar-refractivity contribution is 0.572. The van der Waals surface area contributed by atoms with E-state index >= 15 is 0 Å². The molecule has 1 saturated carbocycles. The van der Waals surface area contributed by atoms with Gasteiger partial charge in [-0.1, -0.05) is 25.7 Å². The van der Waals surface area contributed by atoms with Gasteiger partial charge in [0.05, 0.1) is 0 Å². The molecule has 4 heteroatoms. The van der Waals surface area contributed by atoms with E-state index in [1.807, 2.05) is 0 Å². The summed E-state index contributed by atoms with van der Waals surface area (Å²) in [5, 5.41) is 3.59. The second-order valence-electron chi connectivity index (χ2n) is 6.57. The van der Waals surface area contributed by atoms with Gasteiger partial charge in [-0.05, 0) is 39.0 Å². The maximum Gasteiger partial charge on any atom is 0.225 e. The van der Waals surface area contributed by atoms with Crippen LogP contribution >= 0.6 is 0 Å². The molecule has 0 atom stereocenters. The van der Waals surface area contributed by atoms with Gasteiger partial charge in [-0.25, -0.2) is 4.98 Å². The largest absolute Gasteiger partial charge is 0.356 e. The van der Waals surface area contributed by atoms with E-state index in [0.29, 0.717) is 6.04 Å². The fraction of sp³-hybridized carbons (Fsp3) is 0.765. The van der Waals surface area contributed by atoms with E-state index in [9.17, 15) is 0 Å². The predicted octanol–water partition coefficient (Wildman–Crippen LogP) is 3.91. The van der Waals surface area contributed by atoms with Crippen molar-refractivity contribution < 1.29 is 0 Å². The number of nitrogens with one attached hydrogen (secondary N) is 1. The maximum atomic E-state index is 4.79. The SMILES string of the molecule is Cc1cc(N2CCCCC2)nc(NC2CCCCCC2)n1. The van der Waals surface area contributed by atoms with Crippen molar-refractivity contribution in [1.82, 2.24) is 9.97 Å². The third-order valence-electron chi connectivity index (χ3n) is 4.71. The molecule has 1 aliphatic carbocycles. The first-order valence-electron chi connectivity index (χ1n) is 8.68. The number of anilines is 2. The number of piperidine rings is 1. The van der Waals surface area contributed by atoms with Gasteiger partial charge in [0.15, 0.2) is 0 Å². The summed E-state index contributed by atoms with van der Waals surface area (Å²) in [5.74, 6) is 1.95. The molecule has 0 bridgehead atoms. The van der Waals surface area contributed by atoms with Crippen molar-refractivity contribution in [3.8, 4) is 0 Å². The summed E-state index contributed by atoms with van der Waals surface area (Å²) in [6.45, 7) is 4.35.